The Bertz CT molecular complexity index is 537. The second-order valence-corrected chi connectivity index (χ2v) is 7.54. The molecule has 1 aliphatic heterocycles. The molecule has 2 heterocycles. The van der Waals surface area contributed by atoms with Crippen LogP contribution in [0.5, 0.6) is 0 Å². The Kier molecular flexibility index (Phi) is 2.71. The van der Waals surface area contributed by atoms with Crippen LogP contribution in [0.3, 0.4) is 0 Å². The van der Waals surface area contributed by atoms with E-state index in [-0.39, 0.29) is 11.5 Å². The van der Waals surface area contributed by atoms with Crippen LogP contribution in [0, 0.1) is 5.41 Å². The van der Waals surface area contributed by atoms with Crippen molar-refractivity contribution in [3.05, 3.63) is 24.5 Å². The molecule has 1 aliphatic carbocycles. The van der Waals surface area contributed by atoms with Crippen molar-refractivity contribution in [1.29, 1.82) is 0 Å². The summed E-state index contributed by atoms with van der Waals surface area (Å²) in [4.78, 5) is 4.23. The van der Waals surface area contributed by atoms with Crippen molar-refractivity contribution in [3.8, 4) is 0 Å². The maximum absolute atomic E-state index is 12.6. The van der Waals surface area contributed by atoms with Gasteiger partial charge in [0.2, 0.25) is 10.0 Å². The summed E-state index contributed by atoms with van der Waals surface area (Å²) in [7, 11) is -3.36. The molecule has 0 aromatic carbocycles. The van der Waals surface area contributed by atoms with Crippen LogP contribution in [0.1, 0.15) is 32.6 Å². The van der Waals surface area contributed by atoms with Crippen LogP contribution in [0.2, 0.25) is 0 Å². The van der Waals surface area contributed by atoms with E-state index in [2.05, 4.69) is 4.98 Å². The average molecular weight is 266 g/mol. The Labute approximate surface area is 108 Å². The predicted molar refractivity (Wildman–Crippen MR) is 68.5 cm³/mol. The van der Waals surface area contributed by atoms with Gasteiger partial charge in [0.05, 0.1) is 0 Å². The van der Waals surface area contributed by atoms with Gasteiger partial charge in [-0.2, -0.15) is 4.31 Å². The number of hydrogen-bond acceptors (Lipinski definition) is 3. The van der Waals surface area contributed by atoms with Crippen molar-refractivity contribution in [2.75, 3.05) is 6.54 Å². The maximum Gasteiger partial charge on any atom is 0.244 e. The van der Waals surface area contributed by atoms with Gasteiger partial charge >= 0.3 is 0 Å². The molecule has 4 nitrogen and oxygen atoms in total. The summed E-state index contributed by atoms with van der Waals surface area (Å²) in [6, 6.07) is 3.41. The molecule has 18 heavy (non-hydrogen) atoms. The van der Waals surface area contributed by atoms with Gasteiger partial charge in [0.15, 0.2) is 0 Å². The molecule has 2 fully saturated rings. The Morgan fingerprint density at radius 3 is 2.72 bits per heavy atom. The lowest BCUT2D eigenvalue weighted by Crippen LogP contribution is -2.37. The number of hydrogen-bond donors (Lipinski definition) is 0. The van der Waals surface area contributed by atoms with Crippen molar-refractivity contribution in [3.63, 3.8) is 0 Å². The Morgan fingerprint density at radius 1 is 1.44 bits per heavy atom. The Hall–Kier alpha value is -0.940. The topological polar surface area (TPSA) is 50.3 Å². The molecule has 1 unspecified atom stereocenters. The van der Waals surface area contributed by atoms with Crippen LogP contribution in [0.4, 0.5) is 0 Å². The molecular formula is C13H18N2O2S. The third-order valence-corrected chi connectivity index (χ3v) is 6.31. The van der Waals surface area contributed by atoms with Crippen LogP contribution < -0.4 is 0 Å². The standard InChI is InChI=1S/C13H18N2O2S/c1-11-8-13(5-3-6-13)10-15(11)18(16,17)12-4-2-7-14-9-12/h2,4,7,9,11H,3,5-6,8,10H2,1H3. The monoisotopic (exact) mass is 266 g/mol. The quantitative estimate of drug-likeness (QED) is 0.823. The fraction of sp³-hybridized carbons (Fsp3) is 0.615. The van der Waals surface area contributed by atoms with Gasteiger partial charge < -0.3 is 0 Å². The summed E-state index contributed by atoms with van der Waals surface area (Å²) in [6.45, 7) is 2.70. The van der Waals surface area contributed by atoms with Crippen molar-refractivity contribution in [2.45, 2.75) is 43.5 Å². The van der Waals surface area contributed by atoms with E-state index in [1.54, 1.807) is 22.6 Å². The lowest BCUT2D eigenvalue weighted by molar-refractivity contribution is 0.152. The third kappa shape index (κ3) is 1.77. The molecule has 0 radical (unpaired) electrons. The summed E-state index contributed by atoms with van der Waals surface area (Å²) in [5, 5.41) is 0. The lowest BCUT2D eigenvalue weighted by atomic mass is 9.68. The molecule has 1 saturated heterocycles. The van der Waals surface area contributed by atoms with Gasteiger partial charge in [-0.3, -0.25) is 4.98 Å². The highest BCUT2D eigenvalue weighted by molar-refractivity contribution is 7.89. The largest absolute Gasteiger partial charge is 0.263 e. The highest BCUT2D eigenvalue weighted by Crippen LogP contribution is 2.51. The zero-order chi connectivity index (χ0) is 12.8. The van der Waals surface area contributed by atoms with E-state index in [0.29, 0.717) is 11.4 Å². The molecule has 3 rings (SSSR count). The zero-order valence-corrected chi connectivity index (χ0v) is 11.4. The van der Waals surface area contributed by atoms with Crippen molar-refractivity contribution in [1.82, 2.24) is 9.29 Å². The molecule has 1 spiro atoms. The second-order valence-electron chi connectivity index (χ2n) is 5.65. The first-order chi connectivity index (χ1) is 8.54. The molecule has 5 heteroatoms. The molecule has 1 aromatic rings. The van der Waals surface area contributed by atoms with Gasteiger partial charge in [-0.05, 0) is 43.7 Å². The minimum atomic E-state index is -3.36. The molecule has 0 amide bonds. The Balaban J connectivity index is 1.91. The molecule has 98 valence electrons. The average Bonchev–Trinajstić information content (AvgIpc) is 2.69. The van der Waals surface area contributed by atoms with E-state index in [1.165, 1.54) is 25.5 Å². The first-order valence-corrected chi connectivity index (χ1v) is 7.89. The van der Waals surface area contributed by atoms with Crippen LogP contribution >= 0.6 is 0 Å². The summed E-state index contributed by atoms with van der Waals surface area (Å²) in [6.07, 6.45) is 7.64. The van der Waals surface area contributed by atoms with E-state index in [4.69, 9.17) is 0 Å². The Morgan fingerprint density at radius 2 is 2.22 bits per heavy atom. The summed E-state index contributed by atoms with van der Waals surface area (Å²) >= 11 is 0. The van der Waals surface area contributed by atoms with E-state index in [1.807, 2.05) is 6.92 Å². The number of sulfonamides is 1. The number of aromatic nitrogens is 1. The highest BCUT2D eigenvalue weighted by atomic mass is 32.2. The maximum atomic E-state index is 12.6. The van der Waals surface area contributed by atoms with Gasteiger partial charge in [0.25, 0.3) is 0 Å². The minimum absolute atomic E-state index is 0.107. The number of pyridine rings is 1. The second kappa shape index (κ2) is 4.03. The number of nitrogens with zero attached hydrogens (tertiary/aromatic N) is 2. The van der Waals surface area contributed by atoms with Gasteiger partial charge in [0.1, 0.15) is 4.90 Å². The summed E-state index contributed by atoms with van der Waals surface area (Å²) in [5.41, 5.74) is 0.273. The SMILES string of the molecule is CC1CC2(CCC2)CN1S(=O)(=O)c1cccnc1. The smallest absolute Gasteiger partial charge is 0.244 e. The normalized spacial score (nSPS) is 27.3. The van der Waals surface area contributed by atoms with Gasteiger partial charge in [-0.15, -0.1) is 0 Å². The molecule has 2 aliphatic rings. The van der Waals surface area contributed by atoms with Crippen LogP contribution in [0.15, 0.2) is 29.4 Å². The molecule has 1 saturated carbocycles. The third-order valence-electron chi connectivity index (χ3n) is 4.37. The van der Waals surface area contributed by atoms with E-state index in [9.17, 15) is 8.42 Å². The number of rotatable bonds is 2. The zero-order valence-electron chi connectivity index (χ0n) is 10.5. The molecule has 0 bridgehead atoms. The molecule has 1 aromatic heterocycles. The van der Waals surface area contributed by atoms with Crippen LogP contribution in [-0.2, 0) is 10.0 Å². The highest BCUT2D eigenvalue weighted by Gasteiger charge is 2.49. The van der Waals surface area contributed by atoms with Crippen LogP contribution in [0.25, 0.3) is 0 Å². The van der Waals surface area contributed by atoms with Crippen molar-refractivity contribution >= 4 is 10.0 Å². The van der Waals surface area contributed by atoms with E-state index < -0.39 is 10.0 Å². The minimum Gasteiger partial charge on any atom is -0.263 e. The lowest BCUT2D eigenvalue weighted by Gasteiger charge is -2.38. The first kappa shape index (κ1) is 12.1. The fourth-order valence-electron chi connectivity index (χ4n) is 3.28. The predicted octanol–water partition coefficient (Wildman–Crippen LogP) is 2.03. The molecule has 1 atom stereocenters. The summed E-state index contributed by atoms with van der Waals surface area (Å²) < 4.78 is 26.8. The van der Waals surface area contributed by atoms with Crippen LogP contribution in [-0.4, -0.2) is 30.3 Å². The fourth-order valence-corrected chi connectivity index (χ4v) is 4.98. The van der Waals surface area contributed by atoms with Crippen molar-refractivity contribution < 1.29 is 8.42 Å². The van der Waals surface area contributed by atoms with Gasteiger partial charge in [-0.1, -0.05) is 6.42 Å². The molecular weight excluding hydrogens is 248 g/mol. The first-order valence-electron chi connectivity index (χ1n) is 6.45. The van der Waals surface area contributed by atoms with E-state index in [0.717, 1.165) is 6.42 Å². The van der Waals surface area contributed by atoms with E-state index >= 15 is 0 Å². The van der Waals surface area contributed by atoms with Gasteiger partial charge in [-0.25, -0.2) is 8.42 Å². The summed E-state index contributed by atoms with van der Waals surface area (Å²) in [5.74, 6) is 0. The van der Waals surface area contributed by atoms with Crippen molar-refractivity contribution in [2.24, 2.45) is 5.41 Å². The molecule has 0 N–H and O–H groups in total. The van der Waals surface area contributed by atoms with Gasteiger partial charge in [0, 0.05) is 25.0 Å².